The van der Waals surface area contributed by atoms with Gasteiger partial charge in [-0.15, -0.1) is 11.3 Å². The van der Waals surface area contributed by atoms with Crippen LogP contribution < -0.4 is 14.8 Å². The summed E-state index contributed by atoms with van der Waals surface area (Å²) in [5.41, 5.74) is 3.26. The molecule has 0 fully saturated rings. The van der Waals surface area contributed by atoms with Gasteiger partial charge in [-0.2, -0.15) is 0 Å². The third-order valence-corrected chi connectivity index (χ3v) is 5.48. The Morgan fingerprint density at radius 1 is 1.00 bits per heavy atom. The van der Waals surface area contributed by atoms with Gasteiger partial charge in [-0.25, -0.2) is 4.98 Å². The predicted molar refractivity (Wildman–Crippen MR) is 116 cm³/mol. The number of para-hydroxylation sites is 2. The smallest absolute Gasteiger partial charge is 0.269 e. The van der Waals surface area contributed by atoms with E-state index in [0.717, 1.165) is 22.0 Å². The summed E-state index contributed by atoms with van der Waals surface area (Å²) >= 11 is 1.54. The van der Waals surface area contributed by atoms with E-state index in [1.54, 1.807) is 12.3 Å². The fraction of sp³-hybridized carbons (Fsp3) is 0.0870. The number of aromatic nitrogens is 2. The molecule has 1 atom stereocenters. The molecule has 4 aromatic rings. The summed E-state index contributed by atoms with van der Waals surface area (Å²) in [6, 6.07) is 20.7. The molecular formula is C23H17N3O3S. The summed E-state index contributed by atoms with van der Waals surface area (Å²) in [6.07, 6.45) is 1.04. The highest BCUT2D eigenvalue weighted by atomic mass is 32.1. The van der Waals surface area contributed by atoms with E-state index in [-0.39, 0.29) is 12.5 Å². The number of pyridine rings is 1. The number of carbonyl (C=O) groups is 1. The average Bonchev–Trinajstić information content (AvgIpc) is 3.30. The molecule has 1 N–H and O–H groups in total. The monoisotopic (exact) mass is 415 g/mol. The Kier molecular flexibility index (Phi) is 4.86. The summed E-state index contributed by atoms with van der Waals surface area (Å²) in [5.74, 6) is 0.965. The topological polar surface area (TPSA) is 73.3 Å². The minimum atomic E-state index is -0.710. The van der Waals surface area contributed by atoms with E-state index in [2.05, 4.69) is 15.3 Å². The highest BCUT2D eigenvalue weighted by Gasteiger charge is 2.27. The summed E-state index contributed by atoms with van der Waals surface area (Å²) < 4.78 is 11.4. The van der Waals surface area contributed by atoms with Gasteiger partial charge in [0.05, 0.1) is 11.4 Å². The molecule has 1 amide bonds. The van der Waals surface area contributed by atoms with E-state index in [1.165, 1.54) is 11.3 Å². The van der Waals surface area contributed by atoms with Crippen LogP contribution in [0, 0.1) is 0 Å². The molecule has 0 saturated carbocycles. The van der Waals surface area contributed by atoms with Crippen molar-refractivity contribution >= 4 is 22.9 Å². The second-order valence-corrected chi connectivity index (χ2v) is 7.55. The lowest BCUT2D eigenvalue weighted by Gasteiger charge is -2.25. The van der Waals surface area contributed by atoms with E-state index < -0.39 is 6.10 Å². The van der Waals surface area contributed by atoms with Crippen LogP contribution in [0.4, 0.5) is 5.69 Å². The van der Waals surface area contributed by atoms with Gasteiger partial charge in [0, 0.05) is 22.8 Å². The summed E-state index contributed by atoms with van der Waals surface area (Å²) in [7, 11) is 0. The summed E-state index contributed by atoms with van der Waals surface area (Å²) in [4.78, 5) is 21.7. The Labute approximate surface area is 177 Å². The number of fused-ring (bicyclic) bond motifs is 1. The first-order valence-corrected chi connectivity index (χ1v) is 10.3. The predicted octanol–water partition coefficient (Wildman–Crippen LogP) is 4.65. The Bertz CT molecular complexity index is 1190. The van der Waals surface area contributed by atoms with Crippen LogP contribution in [0.3, 0.4) is 0 Å². The number of thiazole rings is 1. The molecule has 6 nitrogen and oxygen atoms in total. The second-order valence-electron chi connectivity index (χ2n) is 6.69. The van der Waals surface area contributed by atoms with Gasteiger partial charge in [0.2, 0.25) is 6.10 Å². The molecule has 1 aliphatic rings. The van der Waals surface area contributed by atoms with E-state index in [9.17, 15) is 4.79 Å². The van der Waals surface area contributed by atoms with Gasteiger partial charge in [0.25, 0.3) is 5.91 Å². The highest BCUT2D eigenvalue weighted by molar-refractivity contribution is 7.13. The largest absolute Gasteiger partial charge is 0.485 e. The first-order chi connectivity index (χ1) is 14.8. The molecule has 3 heterocycles. The van der Waals surface area contributed by atoms with Crippen molar-refractivity contribution in [3.63, 3.8) is 0 Å². The zero-order valence-corrected chi connectivity index (χ0v) is 16.6. The number of hydrogen-bond donors (Lipinski definition) is 1. The number of rotatable bonds is 4. The van der Waals surface area contributed by atoms with Gasteiger partial charge in [-0.05, 0) is 36.4 Å². The average molecular weight is 415 g/mol. The lowest BCUT2D eigenvalue weighted by atomic mass is 10.1. The molecule has 148 valence electrons. The number of nitrogens with zero attached hydrogens (tertiary/aromatic N) is 2. The molecule has 0 bridgehead atoms. The SMILES string of the molecule is O=C(Nc1cccc(-c2csc(-c3ccccn3)n2)c1)C1COc2ccccc2O1. The van der Waals surface area contributed by atoms with Crippen LogP contribution >= 0.6 is 11.3 Å². The minimum Gasteiger partial charge on any atom is -0.485 e. The summed E-state index contributed by atoms with van der Waals surface area (Å²) in [6.45, 7) is 0.169. The van der Waals surface area contributed by atoms with E-state index in [4.69, 9.17) is 9.47 Å². The lowest BCUT2D eigenvalue weighted by molar-refractivity contribution is -0.125. The van der Waals surface area contributed by atoms with Gasteiger partial charge in [0.1, 0.15) is 11.6 Å². The third kappa shape index (κ3) is 3.75. The second kappa shape index (κ2) is 7.96. The van der Waals surface area contributed by atoms with E-state index >= 15 is 0 Å². The molecule has 1 unspecified atom stereocenters. The first kappa shape index (κ1) is 18.3. The van der Waals surface area contributed by atoms with Gasteiger partial charge in [-0.3, -0.25) is 9.78 Å². The van der Waals surface area contributed by atoms with E-state index in [0.29, 0.717) is 17.2 Å². The zero-order chi connectivity index (χ0) is 20.3. The number of benzene rings is 2. The lowest BCUT2D eigenvalue weighted by Crippen LogP contribution is -2.40. The molecule has 0 spiro atoms. The van der Waals surface area contributed by atoms with Crippen molar-refractivity contribution in [2.75, 3.05) is 11.9 Å². The molecule has 5 rings (SSSR count). The Hall–Kier alpha value is -3.71. The molecule has 0 saturated heterocycles. The Morgan fingerprint density at radius 2 is 1.87 bits per heavy atom. The van der Waals surface area contributed by atoms with Crippen LogP contribution in [0.2, 0.25) is 0 Å². The number of nitrogens with one attached hydrogen (secondary N) is 1. The standard InChI is InChI=1S/C23H17N3O3S/c27-22(21-13-28-19-9-1-2-10-20(19)29-21)25-16-7-5-6-15(12-16)18-14-30-23(26-18)17-8-3-4-11-24-17/h1-12,14,21H,13H2,(H,25,27). The molecule has 2 aromatic heterocycles. The van der Waals surface area contributed by atoms with E-state index in [1.807, 2.05) is 66.0 Å². The number of hydrogen-bond acceptors (Lipinski definition) is 6. The van der Waals surface area contributed by atoms with Crippen LogP contribution in [0.1, 0.15) is 0 Å². The van der Waals surface area contributed by atoms with Crippen LogP contribution in [-0.4, -0.2) is 28.6 Å². The minimum absolute atomic E-state index is 0.169. The van der Waals surface area contributed by atoms with Gasteiger partial charge in [-0.1, -0.05) is 30.3 Å². The maximum atomic E-state index is 12.7. The first-order valence-electron chi connectivity index (χ1n) is 9.43. The Morgan fingerprint density at radius 3 is 2.73 bits per heavy atom. The maximum Gasteiger partial charge on any atom is 0.269 e. The molecular weight excluding hydrogens is 398 g/mol. The van der Waals surface area contributed by atoms with Crippen LogP contribution in [0.15, 0.2) is 78.3 Å². The van der Waals surface area contributed by atoms with Gasteiger partial charge in [0.15, 0.2) is 11.5 Å². The molecule has 1 aliphatic heterocycles. The van der Waals surface area contributed by atoms with Gasteiger partial charge >= 0.3 is 0 Å². The van der Waals surface area contributed by atoms with Crippen LogP contribution in [-0.2, 0) is 4.79 Å². The fourth-order valence-corrected chi connectivity index (χ4v) is 3.95. The van der Waals surface area contributed by atoms with Crippen molar-refractivity contribution in [1.82, 2.24) is 9.97 Å². The van der Waals surface area contributed by atoms with Gasteiger partial charge < -0.3 is 14.8 Å². The number of amides is 1. The number of carbonyl (C=O) groups excluding carboxylic acids is 1. The zero-order valence-electron chi connectivity index (χ0n) is 15.8. The highest BCUT2D eigenvalue weighted by Crippen LogP contribution is 2.32. The van der Waals surface area contributed by atoms with Crippen molar-refractivity contribution in [1.29, 1.82) is 0 Å². The molecule has 2 aromatic carbocycles. The van der Waals surface area contributed by atoms with Crippen molar-refractivity contribution in [3.05, 3.63) is 78.3 Å². The third-order valence-electron chi connectivity index (χ3n) is 4.62. The van der Waals surface area contributed by atoms with Crippen molar-refractivity contribution in [2.24, 2.45) is 0 Å². The molecule has 0 aliphatic carbocycles. The van der Waals surface area contributed by atoms with Crippen molar-refractivity contribution in [3.8, 4) is 33.5 Å². The Balaban J connectivity index is 1.31. The molecule has 0 radical (unpaired) electrons. The maximum absolute atomic E-state index is 12.7. The van der Waals surface area contributed by atoms with Crippen molar-refractivity contribution in [2.45, 2.75) is 6.10 Å². The molecule has 30 heavy (non-hydrogen) atoms. The fourth-order valence-electron chi connectivity index (χ4n) is 3.14. The number of ether oxygens (including phenoxy) is 2. The summed E-state index contributed by atoms with van der Waals surface area (Å²) in [5, 5.41) is 5.75. The molecule has 7 heteroatoms. The normalized spacial score (nSPS) is 14.9. The van der Waals surface area contributed by atoms with Crippen LogP contribution in [0.25, 0.3) is 22.0 Å². The van der Waals surface area contributed by atoms with Crippen molar-refractivity contribution < 1.29 is 14.3 Å². The number of anilines is 1. The van der Waals surface area contributed by atoms with Crippen LogP contribution in [0.5, 0.6) is 11.5 Å². The quantitative estimate of drug-likeness (QED) is 0.525.